The van der Waals surface area contributed by atoms with Crippen LogP contribution in [-0.2, 0) is 6.42 Å². The van der Waals surface area contributed by atoms with Crippen LogP contribution in [0.4, 0.5) is 13.2 Å². The van der Waals surface area contributed by atoms with Crippen molar-refractivity contribution in [1.29, 1.82) is 0 Å². The summed E-state index contributed by atoms with van der Waals surface area (Å²) in [5.74, 6) is -2.84. The Kier molecular flexibility index (Phi) is 3.73. The van der Waals surface area contributed by atoms with E-state index in [2.05, 4.69) is 0 Å². The number of aryl methyl sites for hydroxylation is 1. The van der Waals surface area contributed by atoms with E-state index in [-0.39, 0.29) is 5.56 Å². The van der Waals surface area contributed by atoms with E-state index in [0.717, 1.165) is 12.0 Å². The number of rotatable bonds is 3. The zero-order chi connectivity index (χ0) is 13.3. The molecular formula is C13H12F3NS. The summed E-state index contributed by atoms with van der Waals surface area (Å²) in [7, 11) is 0. The lowest BCUT2D eigenvalue weighted by Crippen LogP contribution is -2.16. The third kappa shape index (κ3) is 2.28. The van der Waals surface area contributed by atoms with Crippen molar-refractivity contribution in [3.8, 4) is 0 Å². The second-order valence-corrected chi connectivity index (χ2v) is 4.87. The van der Waals surface area contributed by atoms with Crippen molar-refractivity contribution >= 4 is 11.3 Å². The summed E-state index contributed by atoms with van der Waals surface area (Å²) < 4.78 is 40.1. The Balaban J connectivity index is 2.49. The van der Waals surface area contributed by atoms with E-state index in [9.17, 15) is 13.2 Å². The van der Waals surface area contributed by atoms with Crippen LogP contribution in [0.5, 0.6) is 0 Å². The molecule has 0 bridgehead atoms. The van der Waals surface area contributed by atoms with Crippen molar-refractivity contribution in [2.75, 3.05) is 0 Å². The van der Waals surface area contributed by atoms with Crippen molar-refractivity contribution in [3.63, 3.8) is 0 Å². The van der Waals surface area contributed by atoms with Gasteiger partial charge in [0.25, 0.3) is 0 Å². The summed E-state index contributed by atoms with van der Waals surface area (Å²) >= 11 is 1.35. The van der Waals surface area contributed by atoms with Crippen LogP contribution in [0.25, 0.3) is 0 Å². The molecule has 0 fully saturated rings. The Hall–Kier alpha value is -1.33. The molecule has 0 aliphatic heterocycles. The largest absolute Gasteiger partial charge is 0.319 e. The summed E-state index contributed by atoms with van der Waals surface area (Å²) in [5, 5.41) is 1.83. The van der Waals surface area contributed by atoms with Crippen molar-refractivity contribution in [1.82, 2.24) is 0 Å². The highest BCUT2D eigenvalue weighted by Crippen LogP contribution is 2.31. The maximum Gasteiger partial charge on any atom is 0.134 e. The van der Waals surface area contributed by atoms with Gasteiger partial charge in [0.2, 0.25) is 0 Å². The minimum atomic E-state index is -0.949. The topological polar surface area (TPSA) is 26.0 Å². The molecule has 0 aliphatic carbocycles. The van der Waals surface area contributed by atoms with Crippen LogP contribution in [0.1, 0.15) is 29.0 Å². The number of hydrogen-bond donors (Lipinski definition) is 1. The Bertz CT molecular complexity index is 542. The molecule has 0 saturated heterocycles. The average Bonchev–Trinajstić information content (AvgIpc) is 2.75. The Morgan fingerprint density at radius 3 is 2.39 bits per heavy atom. The molecule has 0 radical (unpaired) electrons. The highest BCUT2D eigenvalue weighted by atomic mass is 32.1. The molecule has 2 N–H and O–H groups in total. The van der Waals surface area contributed by atoms with Gasteiger partial charge >= 0.3 is 0 Å². The van der Waals surface area contributed by atoms with Gasteiger partial charge in [0, 0.05) is 22.6 Å². The number of hydrogen-bond acceptors (Lipinski definition) is 2. The Morgan fingerprint density at radius 1 is 1.22 bits per heavy atom. The zero-order valence-electron chi connectivity index (χ0n) is 9.71. The van der Waals surface area contributed by atoms with Crippen LogP contribution < -0.4 is 5.73 Å². The van der Waals surface area contributed by atoms with Gasteiger partial charge in [-0.1, -0.05) is 6.92 Å². The van der Waals surface area contributed by atoms with Crippen LogP contribution in [0.3, 0.4) is 0 Å². The molecule has 18 heavy (non-hydrogen) atoms. The first-order valence-corrected chi connectivity index (χ1v) is 6.38. The third-order valence-corrected chi connectivity index (χ3v) is 3.84. The molecule has 5 heteroatoms. The molecule has 0 aliphatic rings. The van der Waals surface area contributed by atoms with Gasteiger partial charge in [-0.3, -0.25) is 0 Å². The van der Waals surface area contributed by atoms with E-state index in [0.29, 0.717) is 17.0 Å². The maximum absolute atomic E-state index is 13.6. The Labute approximate surface area is 107 Å². The minimum absolute atomic E-state index is 0.284. The summed E-state index contributed by atoms with van der Waals surface area (Å²) in [4.78, 5) is 0.710. The van der Waals surface area contributed by atoms with Gasteiger partial charge < -0.3 is 5.73 Å². The molecule has 2 aromatic rings. The summed E-state index contributed by atoms with van der Waals surface area (Å²) in [6.45, 7) is 1.94. The van der Waals surface area contributed by atoms with Crippen LogP contribution in [0.15, 0.2) is 23.6 Å². The van der Waals surface area contributed by atoms with Gasteiger partial charge in [0.1, 0.15) is 17.5 Å². The zero-order valence-corrected chi connectivity index (χ0v) is 10.5. The number of benzene rings is 1. The quantitative estimate of drug-likeness (QED) is 0.903. The molecule has 1 unspecified atom stereocenters. The molecule has 1 heterocycles. The molecule has 96 valence electrons. The Morgan fingerprint density at radius 2 is 1.83 bits per heavy atom. The predicted molar refractivity (Wildman–Crippen MR) is 66.0 cm³/mol. The highest BCUT2D eigenvalue weighted by molar-refractivity contribution is 7.10. The molecule has 2 rings (SSSR count). The van der Waals surface area contributed by atoms with Crippen molar-refractivity contribution in [2.45, 2.75) is 19.4 Å². The average molecular weight is 271 g/mol. The van der Waals surface area contributed by atoms with E-state index in [1.165, 1.54) is 11.3 Å². The normalized spacial score (nSPS) is 12.7. The number of nitrogens with two attached hydrogens (primary N) is 1. The molecule has 1 aromatic heterocycles. The van der Waals surface area contributed by atoms with Crippen LogP contribution in [-0.4, -0.2) is 0 Å². The smallest absolute Gasteiger partial charge is 0.134 e. The van der Waals surface area contributed by atoms with Crippen LogP contribution in [0, 0.1) is 17.5 Å². The van der Waals surface area contributed by atoms with Crippen LogP contribution >= 0.6 is 11.3 Å². The highest BCUT2D eigenvalue weighted by Gasteiger charge is 2.22. The summed E-state index contributed by atoms with van der Waals surface area (Å²) in [5.41, 5.74) is 6.57. The van der Waals surface area contributed by atoms with E-state index >= 15 is 0 Å². The van der Waals surface area contributed by atoms with Gasteiger partial charge in [0.05, 0.1) is 6.04 Å². The monoisotopic (exact) mass is 271 g/mol. The summed E-state index contributed by atoms with van der Waals surface area (Å²) in [6.07, 6.45) is 0.733. The second-order valence-electron chi connectivity index (χ2n) is 3.92. The lowest BCUT2D eigenvalue weighted by atomic mass is 10.0. The minimum Gasteiger partial charge on any atom is -0.319 e. The van der Waals surface area contributed by atoms with Gasteiger partial charge in [0.15, 0.2) is 0 Å². The molecule has 1 atom stereocenters. The lowest BCUT2D eigenvalue weighted by Gasteiger charge is -2.14. The van der Waals surface area contributed by atoms with Crippen molar-refractivity contribution in [3.05, 3.63) is 57.0 Å². The number of thiophene rings is 1. The molecule has 0 spiro atoms. The molecule has 1 aromatic carbocycles. The lowest BCUT2D eigenvalue weighted by molar-refractivity contribution is 0.515. The second kappa shape index (κ2) is 5.12. The van der Waals surface area contributed by atoms with E-state index < -0.39 is 23.5 Å². The first-order chi connectivity index (χ1) is 8.54. The first-order valence-electron chi connectivity index (χ1n) is 5.50. The standard InChI is InChI=1S/C13H12F3NS/c1-2-7-3-4-18-13(7)12(17)11-9(15)5-8(14)6-10(11)16/h3-6,12H,2,17H2,1H3. The molecule has 0 saturated carbocycles. The van der Waals surface area contributed by atoms with Crippen molar-refractivity contribution < 1.29 is 13.2 Å². The fourth-order valence-electron chi connectivity index (χ4n) is 1.89. The van der Waals surface area contributed by atoms with Crippen molar-refractivity contribution in [2.24, 2.45) is 5.73 Å². The number of halogens is 3. The SMILES string of the molecule is CCc1ccsc1C(N)c1c(F)cc(F)cc1F. The van der Waals surface area contributed by atoms with E-state index in [4.69, 9.17) is 5.73 Å². The third-order valence-electron chi connectivity index (χ3n) is 2.80. The molecule has 0 amide bonds. The first kappa shape index (κ1) is 13.1. The van der Waals surface area contributed by atoms with Gasteiger partial charge in [-0.15, -0.1) is 11.3 Å². The fourth-order valence-corrected chi connectivity index (χ4v) is 2.90. The molecule has 1 nitrogen and oxygen atoms in total. The van der Waals surface area contributed by atoms with Gasteiger partial charge in [-0.05, 0) is 23.4 Å². The maximum atomic E-state index is 13.6. The van der Waals surface area contributed by atoms with E-state index in [1.54, 1.807) is 0 Å². The summed E-state index contributed by atoms with van der Waals surface area (Å²) in [6, 6.07) is 2.27. The fraction of sp³-hybridized carbons (Fsp3) is 0.231. The predicted octanol–water partition coefficient (Wildman–Crippen LogP) is 3.78. The van der Waals surface area contributed by atoms with E-state index in [1.807, 2.05) is 18.4 Å². The van der Waals surface area contributed by atoms with Gasteiger partial charge in [-0.25, -0.2) is 13.2 Å². The van der Waals surface area contributed by atoms with Crippen LogP contribution in [0.2, 0.25) is 0 Å². The molecular weight excluding hydrogens is 259 g/mol. The van der Waals surface area contributed by atoms with Gasteiger partial charge in [-0.2, -0.15) is 0 Å².